The van der Waals surface area contributed by atoms with Crippen LogP contribution < -0.4 is 20.3 Å². The summed E-state index contributed by atoms with van der Waals surface area (Å²) in [7, 11) is 4.15. The van der Waals surface area contributed by atoms with Gasteiger partial charge in [-0.3, -0.25) is 9.69 Å². The van der Waals surface area contributed by atoms with Gasteiger partial charge in [-0.25, -0.2) is 9.78 Å². The largest absolute Gasteiger partial charge is 0.421 e. The van der Waals surface area contributed by atoms with Crippen molar-refractivity contribution < 1.29 is 14.3 Å². The SMILES string of the molecule is Cc1cc(C)c(OC(=O)N(Cc2cc(Cl)ccc2Cl)c2ccnc(Nc3ccc(C(=O)NCCCCCCN(C)C)cc3)n2)c(C)c1. The molecule has 4 rings (SSSR count). The van der Waals surface area contributed by atoms with Gasteiger partial charge >= 0.3 is 6.09 Å². The van der Waals surface area contributed by atoms with Gasteiger partial charge in [-0.05, 0) is 119 Å². The molecule has 9 nitrogen and oxygen atoms in total. The smallest absolute Gasteiger partial charge is 0.409 e. The molecule has 0 aliphatic rings. The molecule has 1 heterocycles. The lowest BCUT2D eigenvalue weighted by atomic mass is 10.1. The number of aryl methyl sites for hydroxylation is 3. The summed E-state index contributed by atoms with van der Waals surface area (Å²) in [6, 6.07) is 17.7. The van der Waals surface area contributed by atoms with E-state index in [1.807, 2.05) is 32.9 Å². The average molecular weight is 678 g/mol. The van der Waals surface area contributed by atoms with Crippen LogP contribution in [0.15, 0.2) is 66.9 Å². The van der Waals surface area contributed by atoms with E-state index in [9.17, 15) is 9.59 Å². The highest BCUT2D eigenvalue weighted by Gasteiger charge is 2.23. The van der Waals surface area contributed by atoms with Crippen molar-refractivity contribution in [1.29, 1.82) is 0 Å². The number of nitrogens with zero attached hydrogens (tertiary/aromatic N) is 4. The zero-order valence-corrected chi connectivity index (χ0v) is 29.1. The molecule has 0 unspecified atom stereocenters. The van der Waals surface area contributed by atoms with E-state index in [-0.39, 0.29) is 18.4 Å². The normalized spacial score (nSPS) is 11.0. The molecule has 248 valence electrons. The van der Waals surface area contributed by atoms with Gasteiger partial charge in [0.15, 0.2) is 0 Å². The van der Waals surface area contributed by atoms with E-state index in [0.717, 1.165) is 48.9 Å². The molecule has 47 heavy (non-hydrogen) atoms. The van der Waals surface area contributed by atoms with Gasteiger partial charge in [-0.1, -0.05) is 53.7 Å². The van der Waals surface area contributed by atoms with E-state index in [1.54, 1.807) is 54.7 Å². The van der Waals surface area contributed by atoms with Crippen molar-refractivity contribution in [3.8, 4) is 5.75 Å². The molecule has 0 spiro atoms. The summed E-state index contributed by atoms with van der Waals surface area (Å²) in [4.78, 5) is 38.9. The maximum atomic E-state index is 13.7. The number of anilines is 3. The van der Waals surface area contributed by atoms with Crippen molar-refractivity contribution in [2.45, 2.75) is 53.0 Å². The Bertz CT molecular complexity index is 1660. The van der Waals surface area contributed by atoms with Crippen molar-refractivity contribution in [2.24, 2.45) is 0 Å². The molecule has 0 fully saturated rings. The summed E-state index contributed by atoms with van der Waals surface area (Å²) in [6.45, 7) is 7.57. The fraction of sp³-hybridized carbons (Fsp3) is 0.333. The molecule has 0 bridgehead atoms. The Kier molecular flexibility index (Phi) is 13.0. The number of carbonyl (C=O) groups is 2. The second kappa shape index (κ2) is 17.1. The van der Waals surface area contributed by atoms with Crippen molar-refractivity contribution in [3.63, 3.8) is 0 Å². The van der Waals surface area contributed by atoms with Crippen LogP contribution in [0.3, 0.4) is 0 Å². The van der Waals surface area contributed by atoms with Crippen LogP contribution >= 0.6 is 23.2 Å². The Hall–Kier alpha value is -4.18. The second-order valence-electron chi connectivity index (χ2n) is 11.8. The standard InChI is InChI=1S/C36H42Cl2N6O3/c1-24-20-25(2)33(26(3)21-24)47-36(46)44(23-28-22-29(37)12-15-31(28)38)32-16-18-40-35(42-32)41-30-13-10-27(11-14-30)34(45)39-17-8-6-7-9-19-43(4)5/h10-16,18,20-22H,6-9,17,19,23H2,1-5H3,(H,39,45)(H,40,41,42). The summed E-state index contributed by atoms with van der Waals surface area (Å²) in [5.74, 6) is 0.922. The van der Waals surface area contributed by atoms with Crippen LogP contribution in [0, 0.1) is 20.8 Å². The highest BCUT2D eigenvalue weighted by Crippen LogP contribution is 2.29. The quantitative estimate of drug-likeness (QED) is 0.129. The maximum Gasteiger partial charge on any atom is 0.421 e. The zero-order chi connectivity index (χ0) is 33.9. The van der Waals surface area contributed by atoms with Crippen LogP contribution in [0.2, 0.25) is 10.0 Å². The Morgan fingerprint density at radius 3 is 2.28 bits per heavy atom. The first-order chi connectivity index (χ1) is 22.5. The molecular weight excluding hydrogens is 635 g/mol. The van der Waals surface area contributed by atoms with E-state index >= 15 is 0 Å². The maximum absolute atomic E-state index is 13.7. The Labute approximate surface area is 287 Å². The molecule has 0 aliphatic carbocycles. The van der Waals surface area contributed by atoms with Gasteiger partial charge in [0.1, 0.15) is 11.6 Å². The number of carbonyl (C=O) groups excluding carboxylic acids is 2. The zero-order valence-electron chi connectivity index (χ0n) is 27.6. The number of aromatic nitrogens is 2. The first-order valence-electron chi connectivity index (χ1n) is 15.6. The molecular formula is C36H42Cl2N6O3. The Balaban J connectivity index is 1.46. The molecule has 4 aromatic rings. The predicted molar refractivity (Wildman–Crippen MR) is 190 cm³/mol. The van der Waals surface area contributed by atoms with E-state index in [1.165, 1.54) is 4.90 Å². The predicted octanol–water partition coefficient (Wildman–Crippen LogP) is 8.51. The lowest BCUT2D eigenvalue weighted by Crippen LogP contribution is -2.34. The molecule has 11 heteroatoms. The van der Waals surface area contributed by atoms with Gasteiger partial charge in [0.2, 0.25) is 5.95 Å². The highest BCUT2D eigenvalue weighted by molar-refractivity contribution is 6.33. The summed E-state index contributed by atoms with van der Waals surface area (Å²) in [5.41, 5.74) is 4.62. The van der Waals surface area contributed by atoms with Crippen LogP contribution in [-0.2, 0) is 6.54 Å². The van der Waals surface area contributed by atoms with Crippen LogP contribution in [-0.4, -0.2) is 54.1 Å². The van der Waals surface area contributed by atoms with Gasteiger partial charge < -0.3 is 20.3 Å². The lowest BCUT2D eigenvalue weighted by molar-refractivity contribution is 0.0953. The Morgan fingerprint density at radius 2 is 1.57 bits per heavy atom. The first kappa shape index (κ1) is 35.7. The number of rotatable bonds is 14. The average Bonchev–Trinajstić information content (AvgIpc) is 3.02. The summed E-state index contributed by atoms with van der Waals surface area (Å²) in [6.07, 6.45) is 5.26. The van der Waals surface area contributed by atoms with Gasteiger partial charge in [0.05, 0.1) is 6.54 Å². The molecule has 0 radical (unpaired) electrons. The van der Waals surface area contributed by atoms with Crippen molar-refractivity contribution in [1.82, 2.24) is 20.2 Å². The van der Waals surface area contributed by atoms with Gasteiger partial charge in [-0.15, -0.1) is 0 Å². The summed E-state index contributed by atoms with van der Waals surface area (Å²) < 4.78 is 5.93. The number of hydrogen-bond donors (Lipinski definition) is 2. The van der Waals surface area contributed by atoms with Crippen molar-refractivity contribution >= 4 is 52.7 Å². The van der Waals surface area contributed by atoms with Crippen LogP contribution in [0.5, 0.6) is 5.75 Å². The molecule has 0 saturated carbocycles. The van der Waals surface area contributed by atoms with Gasteiger partial charge in [0.25, 0.3) is 5.91 Å². The van der Waals surface area contributed by atoms with Crippen LogP contribution in [0.1, 0.15) is 58.3 Å². The monoisotopic (exact) mass is 676 g/mol. The van der Waals surface area contributed by atoms with E-state index in [2.05, 4.69) is 39.6 Å². The number of ether oxygens (including phenoxy) is 1. The van der Waals surface area contributed by atoms with Gasteiger partial charge in [0, 0.05) is 34.0 Å². The number of halogens is 2. The molecule has 0 saturated heterocycles. The molecule has 1 aromatic heterocycles. The number of nitrogens with one attached hydrogen (secondary N) is 2. The third-order valence-electron chi connectivity index (χ3n) is 7.49. The molecule has 2 amide bonds. The minimum Gasteiger partial charge on any atom is -0.409 e. The lowest BCUT2D eigenvalue weighted by Gasteiger charge is -2.23. The second-order valence-corrected chi connectivity index (χ2v) is 12.7. The number of hydrogen-bond acceptors (Lipinski definition) is 7. The molecule has 0 atom stereocenters. The summed E-state index contributed by atoms with van der Waals surface area (Å²) in [5, 5.41) is 7.09. The van der Waals surface area contributed by atoms with Crippen LogP contribution in [0.25, 0.3) is 0 Å². The third kappa shape index (κ3) is 10.7. The fourth-order valence-corrected chi connectivity index (χ4v) is 5.52. The minimum atomic E-state index is -0.635. The van der Waals surface area contributed by atoms with Crippen molar-refractivity contribution in [2.75, 3.05) is 37.4 Å². The van der Waals surface area contributed by atoms with Crippen molar-refractivity contribution in [3.05, 3.63) is 105 Å². The van der Waals surface area contributed by atoms with E-state index in [0.29, 0.717) is 45.0 Å². The fourth-order valence-electron chi connectivity index (χ4n) is 5.15. The number of amides is 2. The summed E-state index contributed by atoms with van der Waals surface area (Å²) >= 11 is 12.7. The number of benzene rings is 3. The highest BCUT2D eigenvalue weighted by atomic mass is 35.5. The third-order valence-corrected chi connectivity index (χ3v) is 8.09. The Morgan fingerprint density at radius 1 is 0.872 bits per heavy atom. The van der Waals surface area contributed by atoms with E-state index < -0.39 is 6.09 Å². The topological polar surface area (TPSA) is 99.7 Å². The van der Waals surface area contributed by atoms with Crippen LogP contribution in [0.4, 0.5) is 22.2 Å². The van der Waals surface area contributed by atoms with E-state index in [4.69, 9.17) is 27.9 Å². The van der Waals surface area contributed by atoms with Gasteiger partial charge in [-0.2, -0.15) is 4.98 Å². The number of unbranched alkanes of at least 4 members (excludes halogenated alkanes) is 3. The molecule has 2 N–H and O–H groups in total. The molecule has 0 aliphatic heterocycles. The first-order valence-corrected chi connectivity index (χ1v) is 16.4. The minimum absolute atomic E-state index is 0.0541. The molecule has 3 aromatic carbocycles.